The minimum absolute atomic E-state index is 0.607. The van der Waals surface area contributed by atoms with Gasteiger partial charge in [0, 0.05) is 5.56 Å². The van der Waals surface area contributed by atoms with E-state index in [-0.39, 0.29) is 0 Å². The second-order valence-electron chi connectivity index (χ2n) is 6.45. The number of aryl methyl sites for hydroxylation is 1. The average molecular weight is 266 g/mol. The van der Waals surface area contributed by atoms with Crippen molar-refractivity contribution in [1.82, 2.24) is 0 Å². The highest BCUT2D eigenvalue weighted by Crippen LogP contribution is 2.50. The van der Waals surface area contributed by atoms with Gasteiger partial charge in [-0.15, -0.1) is 0 Å². The second-order valence-corrected chi connectivity index (χ2v) is 6.45. The smallest absolute Gasteiger partial charge is 0.123 e. The van der Waals surface area contributed by atoms with E-state index >= 15 is 0 Å². The highest BCUT2D eigenvalue weighted by atomic mass is 16.3. The quantitative estimate of drug-likeness (QED) is 0.763. The van der Waals surface area contributed by atoms with E-state index in [2.05, 4.69) is 24.3 Å². The Bertz CT molecular complexity index is 652. The van der Waals surface area contributed by atoms with Gasteiger partial charge in [-0.05, 0) is 66.3 Å². The third-order valence-corrected chi connectivity index (χ3v) is 5.04. The number of phenols is 1. The van der Waals surface area contributed by atoms with Crippen molar-refractivity contribution in [2.24, 2.45) is 0 Å². The topological polar surface area (TPSA) is 20.2 Å². The highest BCUT2D eigenvalue weighted by Gasteiger charge is 2.31. The molecular formula is C19H22O. The van der Waals surface area contributed by atoms with Gasteiger partial charge in [0.15, 0.2) is 0 Å². The molecule has 2 aromatic carbocycles. The van der Waals surface area contributed by atoms with E-state index in [0.29, 0.717) is 11.7 Å². The summed E-state index contributed by atoms with van der Waals surface area (Å²) in [7, 11) is 0. The molecule has 2 aliphatic rings. The van der Waals surface area contributed by atoms with Gasteiger partial charge in [0.05, 0.1) is 0 Å². The molecule has 1 saturated carbocycles. The molecule has 104 valence electrons. The summed E-state index contributed by atoms with van der Waals surface area (Å²) in [6.45, 7) is 0. The van der Waals surface area contributed by atoms with Crippen molar-refractivity contribution in [3.8, 4) is 5.75 Å². The van der Waals surface area contributed by atoms with Crippen LogP contribution >= 0.6 is 0 Å². The molecule has 1 N–H and O–H groups in total. The number of benzene rings is 2. The molecule has 0 aliphatic heterocycles. The number of aromatic hydroxyl groups is 1. The molecule has 0 atom stereocenters. The van der Waals surface area contributed by atoms with Crippen molar-refractivity contribution in [3.63, 3.8) is 0 Å². The van der Waals surface area contributed by atoms with Crippen molar-refractivity contribution in [1.29, 1.82) is 0 Å². The lowest BCUT2D eigenvalue weighted by Gasteiger charge is -2.21. The van der Waals surface area contributed by atoms with Crippen LogP contribution in [0.4, 0.5) is 0 Å². The Kier molecular flexibility index (Phi) is 2.94. The fourth-order valence-electron chi connectivity index (χ4n) is 3.87. The third-order valence-electron chi connectivity index (χ3n) is 5.04. The zero-order chi connectivity index (χ0) is 13.5. The minimum atomic E-state index is 0.607. The first-order valence-electron chi connectivity index (χ1n) is 8.11. The fourth-order valence-corrected chi connectivity index (χ4v) is 3.87. The van der Waals surface area contributed by atoms with Crippen molar-refractivity contribution < 1.29 is 5.11 Å². The van der Waals surface area contributed by atoms with Gasteiger partial charge in [0.25, 0.3) is 0 Å². The number of hydrogen-bond acceptors (Lipinski definition) is 1. The summed E-state index contributed by atoms with van der Waals surface area (Å²) >= 11 is 0. The van der Waals surface area contributed by atoms with Crippen LogP contribution in [0.3, 0.4) is 0 Å². The molecule has 0 aromatic heterocycles. The molecule has 4 rings (SSSR count). The summed E-state index contributed by atoms with van der Waals surface area (Å²) < 4.78 is 0. The molecule has 0 bridgehead atoms. The van der Waals surface area contributed by atoms with Crippen LogP contribution in [0.5, 0.6) is 5.75 Å². The maximum absolute atomic E-state index is 10.9. The maximum atomic E-state index is 10.9. The summed E-state index contributed by atoms with van der Waals surface area (Å²) in [5.41, 5.74) is 3.95. The summed E-state index contributed by atoms with van der Waals surface area (Å²) in [6, 6.07) is 8.74. The van der Waals surface area contributed by atoms with E-state index in [9.17, 15) is 5.11 Å². The van der Waals surface area contributed by atoms with E-state index in [1.807, 2.05) is 0 Å². The monoisotopic (exact) mass is 266 g/mol. The van der Waals surface area contributed by atoms with Crippen molar-refractivity contribution >= 4 is 10.8 Å². The third kappa shape index (κ3) is 1.91. The first-order chi connectivity index (χ1) is 9.86. The van der Waals surface area contributed by atoms with Crippen LogP contribution in [0.25, 0.3) is 10.8 Å². The molecule has 0 unspecified atom stereocenters. The lowest BCUT2D eigenvalue weighted by Crippen LogP contribution is -2.03. The van der Waals surface area contributed by atoms with Gasteiger partial charge in [-0.25, -0.2) is 0 Å². The Morgan fingerprint density at radius 2 is 1.45 bits per heavy atom. The summed E-state index contributed by atoms with van der Waals surface area (Å²) in [4.78, 5) is 0. The van der Waals surface area contributed by atoms with E-state index in [0.717, 1.165) is 12.8 Å². The Labute approximate surface area is 120 Å². The lowest BCUT2D eigenvalue weighted by molar-refractivity contribution is 0.457. The maximum Gasteiger partial charge on any atom is 0.123 e. The molecule has 20 heavy (non-hydrogen) atoms. The normalized spacial score (nSPS) is 19.4. The zero-order valence-electron chi connectivity index (χ0n) is 12.0. The fraction of sp³-hybridized carbons (Fsp3) is 0.474. The SMILES string of the molecule is Oc1c2c(c3ccccc3c1C1CC1)CCCCCC2. The van der Waals surface area contributed by atoms with Crippen LogP contribution in [-0.2, 0) is 12.8 Å². The molecule has 2 aliphatic carbocycles. The number of fused-ring (bicyclic) bond motifs is 3. The van der Waals surface area contributed by atoms with Gasteiger partial charge in [0.2, 0.25) is 0 Å². The Morgan fingerprint density at radius 3 is 2.15 bits per heavy atom. The first kappa shape index (κ1) is 12.3. The highest BCUT2D eigenvalue weighted by molar-refractivity contribution is 5.93. The van der Waals surface area contributed by atoms with Crippen LogP contribution in [-0.4, -0.2) is 5.11 Å². The van der Waals surface area contributed by atoms with Crippen LogP contribution < -0.4 is 0 Å². The summed E-state index contributed by atoms with van der Waals surface area (Å²) in [6.07, 6.45) is 9.82. The minimum Gasteiger partial charge on any atom is -0.507 e. The first-order valence-corrected chi connectivity index (χ1v) is 8.11. The van der Waals surface area contributed by atoms with Crippen LogP contribution in [0.15, 0.2) is 24.3 Å². The zero-order valence-corrected chi connectivity index (χ0v) is 12.0. The second kappa shape index (κ2) is 4.80. The van der Waals surface area contributed by atoms with Gasteiger partial charge < -0.3 is 5.11 Å². The standard InChI is InChI=1S/C19H22O/c20-19-17-10-4-2-1-3-7-15(17)14-8-5-6-9-16(14)18(19)13-11-12-13/h5-6,8-9,13,20H,1-4,7,10-12H2. The van der Waals surface area contributed by atoms with E-state index in [1.165, 1.54) is 66.0 Å². The largest absolute Gasteiger partial charge is 0.507 e. The molecule has 0 heterocycles. The van der Waals surface area contributed by atoms with Gasteiger partial charge in [-0.1, -0.05) is 37.1 Å². The van der Waals surface area contributed by atoms with Crippen LogP contribution in [0.2, 0.25) is 0 Å². The number of phenolic OH excluding ortho intramolecular Hbond substituents is 1. The molecular weight excluding hydrogens is 244 g/mol. The van der Waals surface area contributed by atoms with Crippen LogP contribution in [0, 0.1) is 0 Å². The molecule has 2 aromatic rings. The van der Waals surface area contributed by atoms with Crippen molar-refractivity contribution in [2.45, 2.75) is 57.3 Å². The van der Waals surface area contributed by atoms with Crippen LogP contribution in [0.1, 0.15) is 61.1 Å². The lowest BCUT2D eigenvalue weighted by atomic mass is 9.85. The van der Waals surface area contributed by atoms with Gasteiger partial charge in [-0.3, -0.25) is 0 Å². The molecule has 0 radical (unpaired) electrons. The van der Waals surface area contributed by atoms with E-state index in [1.54, 1.807) is 0 Å². The molecule has 0 amide bonds. The number of hydrogen-bond donors (Lipinski definition) is 1. The predicted molar refractivity (Wildman–Crippen MR) is 83.5 cm³/mol. The van der Waals surface area contributed by atoms with E-state index < -0.39 is 0 Å². The Morgan fingerprint density at radius 1 is 0.800 bits per heavy atom. The Balaban J connectivity index is 2.02. The van der Waals surface area contributed by atoms with Gasteiger partial charge in [-0.2, -0.15) is 0 Å². The average Bonchev–Trinajstić information content (AvgIpc) is 3.24. The Hall–Kier alpha value is -1.50. The molecule has 1 nitrogen and oxygen atoms in total. The predicted octanol–water partition coefficient (Wildman–Crippen LogP) is 5.08. The van der Waals surface area contributed by atoms with Crippen molar-refractivity contribution in [2.75, 3.05) is 0 Å². The molecule has 0 saturated heterocycles. The van der Waals surface area contributed by atoms with E-state index in [4.69, 9.17) is 0 Å². The summed E-state index contributed by atoms with van der Waals surface area (Å²) in [5, 5.41) is 13.6. The molecule has 0 spiro atoms. The van der Waals surface area contributed by atoms with Gasteiger partial charge in [0.1, 0.15) is 5.75 Å². The summed E-state index contributed by atoms with van der Waals surface area (Å²) in [5.74, 6) is 1.25. The number of rotatable bonds is 1. The molecule has 1 fully saturated rings. The molecule has 1 heteroatoms. The van der Waals surface area contributed by atoms with Gasteiger partial charge >= 0.3 is 0 Å². The van der Waals surface area contributed by atoms with Crippen molar-refractivity contribution in [3.05, 3.63) is 41.0 Å².